The van der Waals surface area contributed by atoms with E-state index in [2.05, 4.69) is 36.5 Å². The van der Waals surface area contributed by atoms with Crippen molar-refractivity contribution < 1.29 is 9.53 Å². The Bertz CT molecular complexity index is 647. The van der Waals surface area contributed by atoms with E-state index in [0.717, 1.165) is 35.5 Å². The van der Waals surface area contributed by atoms with Gasteiger partial charge in [-0.3, -0.25) is 4.79 Å². The molecule has 22 heavy (non-hydrogen) atoms. The van der Waals surface area contributed by atoms with Gasteiger partial charge < -0.3 is 10.1 Å². The molecule has 0 aliphatic carbocycles. The van der Waals surface area contributed by atoms with E-state index in [4.69, 9.17) is 4.74 Å². The Labute approximate surface area is 135 Å². The Balaban J connectivity index is 1.77. The molecule has 2 heterocycles. The first kappa shape index (κ1) is 15.3. The van der Waals surface area contributed by atoms with Crippen LogP contribution in [0.5, 0.6) is 0 Å². The molecule has 0 saturated carbocycles. The molecule has 2 atom stereocenters. The summed E-state index contributed by atoms with van der Waals surface area (Å²) in [4.78, 5) is 13.3. The molecule has 0 spiro atoms. The number of hydrogen-bond donors (Lipinski definition) is 1. The van der Waals surface area contributed by atoms with Crippen LogP contribution in [-0.4, -0.2) is 18.6 Å². The predicted octanol–water partition coefficient (Wildman–Crippen LogP) is 4.02. The number of aryl methyl sites for hydroxylation is 2. The van der Waals surface area contributed by atoms with E-state index in [0.29, 0.717) is 0 Å². The molecule has 2 aromatic rings. The van der Waals surface area contributed by atoms with E-state index in [9.17, 15) is 4.79 Å². The van der Waals surface area contributed by atoms with Gasteiger partial charge in [-0.25, -0.2) is 0 Å². The fraction of sp³-hybridized carbons (Fsp3) is 0.389. The molecule has 116 valence electrons. The van der Waals surface area contributed by atoms with Crippen LogP contribution >= 0.6 is 11.3 Å². The summed E-state index contributed by atoms with van der Waals surface area (Å²) in [5.74, 6) is 0.0140. The summed E-state index contributed by atoms with van der Waals surface area (Å²) in [7, 11) is 0. The second kappa shape index (κ2) is 6.63. The van der Waals surface area contributed by atoms with E-state index < -0.39 is 0 Å². The summed E-state index contributed by atoms with van der Waals surface area (Å²) in [5, 5.41) is 5.13. The van der Waals surface area contributed by atoms with Gasteiger partial charge in [0.1, 0.15) is 6.10 Å². The number of carbonyl (C=O) groups is 1. The lowest BCUT2D eigenvalue weighted by molar-refractivity contribution is -0.00942. The van der Waals surface area contributed by atoms with Crippen molar-refractivity contribution in [2.75, 3.05) is 6.61 Å². The van der Waals surface area contributed by atoms with Gasteiger partial charge in [0.05, 0.1) is 10.9 Å². The van der Waals surface area contributed by atoms with Crippen LogP contribution in [0.2, 0.25) is 0 Å². The first-order valence-electron chi connectivity index (χ1n) is 7.68. The largest absolute Gasteiger partial charge is 0.371 e. The molecular formula is C18H21NO2S. The highest BCUT2D eigenvalue weighted by atomic mass is 32.1. The zero-order valence-electron chi connectivity index (χ0n) is 13.0. The number of thiophene rings is 1. The molecule has 1 N–H and O–H groups in total. The number of hydrogen-bond acceptors (Lipinski definition) is 3. The third-order valence-corrected chi connectivity index (χ3v) is 5.13. The summed E-state index contributed by atoms with van der Waals surface area (Å²) in [6.45, 7) is 4.80. The summed E-state index contributed by atoms with van der Waals surface area (Å²) in [6.07, 6.45) is 1.88. The van der Waals surface area contributed by atoms with Crippen molar-refractivity contribution in [1.82, 2.24) is 5.32 Å². The third-order valence-electron chi connectivity index (χ3n) is 4.11. The Morgan fingerprint density at radius 3 is 2.68 bits per heavy atom. The smallest absolute Gasteiger partial charge is 0.261 e. The zero-order valence-corrected chi connectivity index (χ0v) is 13.8. The molecule has 1 saturated heterocycles. The van der Waals surface area contributed by atoms with Gasteiger partial charge in [-0.1, -0.05) is 29.8 Å². The fourth-order valence-corrected chi connectivity index (χ4v) is 3.68. The average molecular weight is 315 g/mol. The molecular weight excluding hydrogens is 294 g/mol. The lowest BCUT2D eigenvalue weighted by Crippen LogP contribution is -2.42. The molecule has 0 unspecified atom stereocenters. The highest BCUT2D eigenvalue weighted by Crippen LogP contribution is 2.29. The van der Waals surface area contributed by atoms with E-state index >= 15 is 0 Å². The molecule has 0 radical (unpaired) electrons. The van der Waals surface area contributed by atoms with Gasteiger partial charge in [0.15, 0.2) is 0 Å². The van der Waals surface area contributed by atoms with E-state index in [1.165, 1.54) is 16.9 Å². The lowest BCUT2D eigenvalue weighted by atomic mass is 9.95. The first-order chi connectivity index (χ1) is 10.6. The van der Waals surface area contributed by atoms with Gasteiger partial charge in [0.25, 0.3) is 5.91 Å². The Morgan fingerprint density at radius 1 is 1.23 bits per heavy atom. The number of benzene rings is 1. The van der Waals surface area contributed by atoms with Crippen LogP contribution in [0, 0.1) is 13.8 Å². The standard InChI is InChI=1S/C18H21NO2S/c1-12-5-7-14(8-6-12)16-15(4-3-10-21-16)19-18(20)17-13(2)9-11-22-17/h5-9,11,15-16H,3-4,10H2,1-2H3,(H,19,20)/t15-,16-/m1/s1. The van der Waals surface area contributed by atoms with Crippen molar-refractivity contribution in [2.45, 2.75) is 38.8 Å². The van der Waals surface area contributed by atoms with E-state index in [-0.39, 0.29) is 18.1 Å². The molecule has 3 rings (SSSR count). The minimum atomic E-state index is -0.0569. The molecule has 1 aliphatic rings. The van der Waals surface area contributed by atoms with Crippen LogP contribution in [-0.2, 0) is 4.74 Å². The van der Waals surface area contributed by atoms with Crippen molar-refractivity contribution in [2.24, 2.45) is 0 Å². The van der Waals surface area contributed by atoms with Crippen LogP contribution in [0.3, 0.4) is 0 Å². The SMILES string of the molecule is Cc1ccc([C@H]2OCCC[C@H]2NC(=O)c2sccc2C)cc1. The van der Waals surface area contributed by atoms with Crippen molar-refractivity contribution in [3.63, 3.8) is 0 Å². The Kier molecular flexibility index (Phi) is 4.60. The van der Waals surface area contributed by atoms with Crippen molar-refractivity contribution in [3.05, 3.63) is 57.3 Å². The van der Waals surface area contributed by atoms with Crippen LogP contribution in [0.1, 0.15) is 45.3 Å². The van der Waals surface area contributed by atoms with Crippen molar-refractivity contribution in [3.8, 4) is 0 Å². The van der Waals surface area contributed by atoms with Crippen molar-refractivity contribution >= 4 is 17.2 Å². The van der Waals surface area contributed by atoms with Crippen molar-refractivity contribution in [1.29, 1.82) is 0 Å². The topological polar surface area (TPSA) is 38.3 Å². The van der Waals surface area contributed by atoms with E-state index in [1.54, 1.807) is 0 Å². The van der Waals surface area contributed by atoms with Gasteiger partial charge in [0, 0.05) is 6.61 Å². The third kappa shape index (κ3) is 3.23. The molecule has 1 fully saturated rings. The van der Waals surface area contributed by atoms with Gasteiger partial charge in [0.2, 0.25) is 0 Å². The van der Waals surface area contributed by atoms with Gasteiger partial charge in [-0.2, -0.15) is 0 Å². The average Bonchev–Trinajstić information content (AvgIpc) is 2.95. The second-order valence-electron chi connectivity index (χ2n) is 5.86. The van der Waals surface area contributed by atoms with Crippen LogP contribution in [0.25, 0.3) is 0 Å². The number of carbonyl (C=O) groups excluding carboxylic acids is 1. The maximum absolute atomic E-state index is 12.5. The highest BCUT2D eigenvalue weighted by molar-refractivity contribution is 7.12. The summed E-state index contributed by atoms with van der Waals surface area (Å²) in [5.41, 5.74) is 3.40. The van der Waals surface area contributed by atoms with Crippen LogP contribution < -0.4 is 5.32 Å². The predicted molar refractivity (Wildman–Crippen MR) is 89.4 cm³/mol. The number of amides is 1. The molecule has 4 heteroatoms. The zero-order chi connectivity index (χ0) is 15.5. The second-order valence-corrected chi connectivity index (χ2v) is 6.77. The molecule has 0 bridgehead atoms. The normalized spacial score (nSPS) is 21.5. The molecule has 1 amide bonds. The molecule has 1 aromatic heterocycles. The maximum Gasteiger partial charge on any atom is 0.261 e. The highest BCUT2D eigenvalue weighted by Gasteiger charge is 2.29. The van der Waals surface area contributed by atoms with Crippen LogP contribution in [0.4, 0.5) is 0 Å². The molecule has 3 nitrogen and oxygen atoms in total. The Morgan fingerprint density at radius 2 is 2.00 bits per heavy atom. The van der Waals surface area contributed by atoms with Gasteiger partial charge in [-0.05, 0) is 49.3 Å². The van der Waals surface area contributed by atoms with Gasteiger partial charge >= 0.3 is 0 Å². The number of nitrogens with one attached hydrogen (secondary N) is 1. The summed E-state index contributed by atoms with van der Waals surface area (Å²) < 4.78 is 5.95. The summed E-state index contributed by atoms with van der Waals surface area (Å²) in [6, 6.07) is 10.4. The summed E-state index contributed by atoms with van der Waals surface area (Å²) >= 11 is 1.49. The Hall–Kier alpha value is -1.65. The minimum Gasteiger partial charge on any atom is -0.371 e. The fourth-order valence-electron chi connectivity index (χ4n) is 2.85. The monoisotopic (exact) mass is 315 g/mol. The van der Waals surface area contributed by atoms with E-state index in [1.807, 2.05) is 18.4 Å². The maximum atomic E-state index is 12.5. The number of rotatable bonds is 3. The number of ether oxygens (including phenoxy) is 1. The molecule has 1 aliphatic heterocycles. The van der Waals surface area contributed by atoms with Gasteiger partial charge in [-0.15, -0.1) is 11.3 Å². The quantitative estimate of drug-likeness (QED) is 0.929. The van der Waals surface area contributed by atoms with Crippen LogP contribution in [0.15, 0.2) is 35.7 Å². The lowest BCUT2D eigenvalue weighted by Gasteiger charge is -2.32. The minimum absolute atomic E-state index is 0.0140. The first-order valence-corrected chi connectivity index (χ1v) is 8.56. The molecule has 1 aromatic carbocycles.